The van der Waals surface area contributed by atoms with Crippen LogP contribution in [0.4, 0.5) is 0 Å². The first-order chi connectivity index (χ1) is 17.2. The second kappa shape index (κ2) is 9.15. The third kappa shape index (κ3) is 3.75. The molecule has 6 rings (SSSR count). The predicted molar refractivity (Wildman–Crippen MR) is 142 cm³/mol. The van der Waals surface area contributed by atoms with Crippen LogP contribution in [-0.4, -0.2) is 14.0 Å². The summed E-state index contributed by atoms with van der Waals surface area (Å²) < 4.78 is 11.6. The summed E-state index contributed by atoms with van der Waals surface area (Å²) >= 11 is -0.107. The second-order valence-electron chi connectivity index (χ2n) is 9.19. The van der Waals surface area contributed by atoms with Gasteiger partial charge in [-0.1, -0.05) is 0 Å². The van der Waals surface area contributed by atoms with Gasteiger partial charge in [0.15, 0.2) is 0 Å². The number of nitrogens with zero attached hydrogens (tertiary/aromatic N) is 2. The number of halogens is 1. The van der Waals surface area contributed by atoms with Crippen molar-refractivity contribution < 1.29 is 25.6 Å². The number of imidazole rings is 1. The molecule has 0 N–H and O–H groups in total. The van der Waals surface area contributed by atoms with E-state index in [2.05, 4.69) is 98.1 Å². The van der Waals surface area contributed by atoms with Gasteiger partial charge in [0.1, 0.15) is 0 Å². The number of furan rings is 1. The molecule has 0 saturated heterocycles. The minimum absolute atomic E-state index is 0.107. The Bertz CT molecular complexity index is 1670. The van der Waals surface area contributed by atoms with Gasteiger partial charge in [-0.15, -0.1) is 0 Å². The minimum atomic E-state index is -0.107. The van der Waals surface area contributed by atoms with Crippen molar-refractivity contribution in [2.24, 2.45) is 0 Å². The Morgan fingerprint density at radius 2 is 1.63 bits per heavy atom. The molecular weight excluding hydrogens is 543 g/mol. The van der Waals surface area contributed by atoms with Gasteiger partial charge in [0.2, 0.25) is 0 Å². The van der Waals surface area contributed by atoms with Crippen molar-refractivity contribution in [2.75, 3.05) is 4.43 Å². The van der Waals surface area contributed by atoms with Crippen LogP contribution >= 0.6 is 0 Å². The fourth-order valence-corrected chi connectivity index (χ4v) is 7.39. The normalized spacial score (nSPS) is 12.0. The van der Waals surface area contributed by atoms with Gasteiger partial charge in [-0.05, 0) is 0 Å². The number of alkyl halides is 1. The number of aromatic nitrogens is 2. The van der Waals surface area contributed by atoms with Crippen LogP contribution in [0.5, 0.6) is 0 Å². The van der Waals surface area contributed by atoms with Crippen LogP contribution in [0.1, 0.15) is 38.7 Å². The summed E-state index contributed by atoms with van der Waals surface area (Å²) in [5.74, 6) is 1.36. The Balaban J connectivity index is 1.72. The summed E-state index contributed by atoms with van der Waals surface area (Å²) in [6, 6.07) is 30.1. The molecule has 4 aromatic carbocycles. The zero-order valence-electron chi connectivity index (χ0n) is 20.3. The molecular formula is C31H28IN2O-. The van der Waals surface area contributed by atoms with Crippen molar-refractivity contribution in [3.63, 3.8) is 0 Å². The van der Waals surface area contributed by atoms with Gasteiger partial charge < -0.3 is 0 Å². The predicted octanol–water partition coefficient (Wildman–Crippen LogP) is 5.38. The zero-order chi connectivity index (χ0) is 23.9. The van der Waals surface area contributed by atoms with Crippen LogP contribution in [-0.2, 0) is 0 Å². The van der Waals surface area contributed by atoms with Gasteiger partial charge in [-0.25, -0.2) is 0 Å². The quantitative estimate of drug-likeness (QED) is 0.199. The molecule has 0 atom stereocenters. The van der Waals surface area contributed by atoms with Crippen molar-refractivity contribution >= 4 is 33.0 Å². The molecule has 0 aliphatic heterocycles. The molecule has 0 amide bonds. The Labute approximate surface area is 216 Å². The molecule has 4 heteroatoms. The third-order valence-corrected chi connectivity index (χ3v) is 9.81. The Hall–Kier alpha value is -3.12. The van der Waals surface area contributed by atoms with E-state index < -0.39 is 0 Å². The van der Waals surface area contributed by atoms with Gasteiger partial charge >= 0.3 is 217 Å². The number of rotatable bonds is 6. The molecule has 0 saturated carbocycles. The molecule has 0 spiro atoms. The van der Waals surface area contributed by atoms with Crippen LogP contribution in [0.15, 0.2) is 89.3 Å². The first kappa shape index (κ1) is 22.4. The van der Waals surface area contributed by atoms with Crippen LogP contribution in [0.3, 0.4) is 0 Å². The zero-order valence-corrected chi connectivity index (χ0v) is 22.4. The van der Waals surface area contributed by atoms with E-state index in [-0.39, 0.29) is 21.2 Å². The molecule has 0 bridgehead atoms. The number of hydrogen-bond acceptors (Lipinski definition) is 2. The first-order valence-corrected chi connectivity index (χ1v) is 14.9. The van der Waals surface area contributed by atoms with Crippen molar-refractivity contribution in [3.05, 3.63) is 94.1 Å². The summed E-state index contributed by atoms with van der Waals surface area (Å²) in [4.78, 5) is 5.22. The number of benzene rings is 4. The Morgan fingerprint density at radius 3 is 2.49 bits per heavy atom. The van der Waals surface area contributed by atoms with E-state index in [9.17, 15) is 0 Å². The van der Waals surface area contributed by atoms with E-state index in [0.29, 0.717) is 5.92 Å². The van der Waals surface area contributed by atoms with E-state index in [0.717, 1.165) is 44.4 Å². The standard InChI is InChI=1S/C31H28IN2O/c1-4-19-32-25-15-10-12-21(20(2)3)29(25)34-27-17-7-6-16-26(27)33-31(34)24-14-9-13-23-22-11-5-8-18-28(22)35-30(23)24/h5-18,20H,4,19H2,1-3H3/q-1. The third-order valence-electron chi connectivity index (χ3n) is 6.50. The van der Waals surface area contributed by atoms with Crippen LogP contribution < -0.4 is 21.2 Å². The van der Waals surface area contributed by atoms with E-state index in [4.69, 9.17) is 9.40 Å². The number of para-hydroxylation sites is 5. The molecule has 176 valence electrons. The van der Waals surface area contributed by atoms with E-state index in [1.165, 1.54) is 25.7 Å². The number of fused-ring (bicyclic) bond motifs is 4. The van der Waals surface area contributed by atoms with E-state index >= 15 is 0 Å². The molecule has 0 aliphatic carbocycles. The molecule has 0 fully saturated rings. The molecule has 0 aliphatic rings. The maximum atomic E-state index is 6.45. The number of hydrogen-bond donors (Lipinski definition) is 0. The van der Waals surface area contributed by atoms with Crippen molar-refractivity contribution in [3.8, 4) is 17.1 Å². The van der Waals surface area contributed by atoms with Crippen molar-refractivity contribution in [2.45, 2.75) is 33.1 Å². The summed E-state index contributed by atoms with van der Waals surface area (Å²) in [7, 11) is 0. The average molecular weight is 571 g/mol. The van der Waals surface area contributed by atoms with Gasteiger partial charge in [0.05, 0.1) is 0 Å². The van der Waals surface area contributed by atoms with E-state index in [1.807, 2.05) is 12.1 Å². The molecule has 0 unspecified atom stereocenters. The van der Waals surface area contributed by atoms with Crippen LogP contribution in [0.2, 0.25) is 0 Å². The molecule has 6 aromatic rings. The average Bonchev–Trinajstić information content (AvgIpc) is 3.45. The fraction of sp³-hybridized carbons (Fsp3) is 0.194. The van der Waals surface area contributed by atoms with E-state index in [1.54, 1.807) is 0 Å². The Morgan fingerprint density at radius 1 is 0.857 bits per heavy atom. The molecule has 0 radical (unpaired) electrons. The molecule has 2 heterocycles. The SMILES string of the molecule is CCC[I-]c1cccc(C(C)C)c1-n1c(-c2cccc3c2oc2ccccc23)nc2ccccc21. The fourth-order valence-electron chi connectivity index (χ4n) is 4.89. The topological polar surface area (TPSA) is 31.0 Å². The van der Waals surface area contributed by atoms with Crippen LogP contribution in [0.25, 0.3) is 50.0 Å². The van der Waals surface area contributed by atoms with Gasteiger partial charge in [-0.2, -0.15) is 0 Å². The maximum absolute atomic E-state index is 6.45. The van der Waals surface area contributed by atoms with Gasteiger partial charge in [-0.3, -0.25) is 0 Å². The monoisotopic (exact) mass is 571 g/mol. The summed E-state index contributed by atoms with van der Waals surface area (Å²) in [5, 5.41) is 2.27. The molecule has 2 aromatic heterocycles. The molecule has 35 heavy (non-hydrogen) atoms. The molecule has 3 nitrogen and oxygen atoms in total. The summed E-state index contributed by atoms with van der Waals surface area (Å²) in [5.41, 5.74) is 7.69. The first-order valence-electron chi connectivity index (χ1n) is 12.3. The summed E-state index contributed by atoms with van der Waals surface area (Å²) in [6.45, 7) is 6.87. The van der Waals surface area contributed by atoms with Gasteiger partial charge in [0.25, 0.3) is 0 Å². The second-order valence-corrected chi connectivity index (χ2v) is 12.2. The van der Waals surface area contributed by atoms with Crippen LogP contribution in [0, 0.1) is 3.57 Å². The Kier molecular flexibility index (Phi) is 5.85. The van der Waals surface area contributed by atoms with Crippen molar-refractivity contribution in [1.29, 1.82) is 0 Å². The van der Waals surface area contributed by atoms with Gasteiger partial charge in [0, 0.05) is 0 Å². The van der Waals surface area contributed by atoms with Crippen molar-refractivity contribution in [1.82, 2.24) is 9.55 Å². The summed E-state index contributed by atoms with van der Waals surface area (Å²) in [6.07, 6.45) is 1.22.